The molecule has 34 heavy (non-hydrogen) atoms. The van der Waals surface area contributed by atoms with Gasteiger partial charge in [-0.3, -0.25) is 9.59 Å². The molecule has 1 aliphatic heterocycles. The van der Waals surface area contributed by atoms with Crippen molar-refractivity contribution in [1.29, 1.82) is 0 Å². The van der Waals surface area contributed by atoms with Crippen molar-refractivity contribution in [2.24, 2.45) is 0 Å². The van der Waals surface area contributed by atoms with Crippen LogP contribution in [0.2, 0.25) is 0 Å². The summed E-state index contributed by atoms with van der Waals surface area (Å²) >= 11 is 1.27. The monoisotopic (exact) mass is 476 g/mol. The number of ether oxygens (including phenoxy) is 1. The van der Waals surface area contributed by atoms with E-state index in [0.29, 0.717) is 29.3 Å². The van der Waals surface area contributed by atoms with E-state index in [9.17, 15) is 14.7 Å². The summed E-state index contributed by atoms with van der Waals surface area (Å²) in [7, 11) is 0. The minimum absolute atomic E-state index is 0.0199. The summed E-state index contributed by atoms with van der Waals surface area (Å²) in [6.45, 7) is 8.02. The van der Waals surface area contributed by atoms with Gasteiger partial charge in [-0.1, -0.05) is 49.4 Å². The number of aromatic nitrogens is 1. The molecule has 0 aliphatic carbocycles. The average Bonchev–Trinajstić information content (AvgIpc) is 3.32. The second-order valence-electron chi connectivity index (χ2n) is 8.53. The van der Waals surface area contributed by atoms with Gasteiger partial charge in [-0.15, -0.1) is 11.3 Å². The number of Topliss-reactive ketones (excluding diaryl/α,β-unsaturated/α-hetero) is 1. The number of aryl methyl sites for hydroxylation is 1. The number of ketones is 1. The van der Waals surface area contributed by atoms with Crippen molar-refractivity contribution >= 4 is 23.0 Å². The van der Waals surface area contributed by atoms with Crippen LogP contribution < -0.4 is 4.74 Å². The van der Waals surface area contributed by atoms with E-state index in [2.05, 4.69) is 4.98 Å². The number of aliphatic hydroxyl groups excluding tert-OH is 1. The number of carbonyl (C=O) groups is 2. The minimum atomic E-state index is -0.697. The van der Waals surface area contributed by atoms with Crippen molar-refractivity contribution in [2.75, 3.05) is 6.54 Å². The summed E-state index contributed by atoms with van der Waals surface area (Å²) in [5.74, 6) is -0.750. The van der Waals surface area contributed by atoms with Crippen molar-refractivity contribution in [3.8, 4) is 16.3 Å². The third-order valence-corrected chi connectivity index (χ3v) is 6.79. The summed E-state index contributed by atoms with van der Waals surface area (Å²) < 4.78 is 5.84. The lowest BCUT2D eigenvalue weighted by Gasteiger charge is -2.26. The number of thiazole rings is 1. The molecule has 1 N–H and O–H groups in total. The number of amides is 1. The zero-order valence-electron chi connectivity index (χ0n) is 19.7. The molecule has 1 aromatic heterocycles. The van der Waals surface area contributed by atoms with E-state index in [0.717, 1.165) is 16.1 Å². The van der Waals surface area contributed by atoms with E-state index in [-0.39, 0.29) is 17.5 Å². The van der Waals surface area contributed by atoms with Crippen LogP contribution in [-0.2, 0) is 4.79 Å². The molecule has 1 aliphatic rings. The van der Waals surface area contributed by atoms with E-state index in [4.69, 9.17) is 4.74 Å². The highest BCUT2D eigenvalue weighted by Gasteiger charge is 2.44. The van der Waals surface area contributed by atoms with E-state index < -0.39 is 17.7 Å². The molecule has 0 saturated carbocycles. The van der Waals surface area contributed by atoms with Crippen LogP contribution in [0.5, 0.6) is 5.75 Å². The Morgan fingerprint density at radius 2 is 1.91 bits per heavy atom. The van der Waals surface area contributed by atoms with E-state index >= 15 is 0 Å². The number of hydrogen-bond donors (Lipinski definition) is 1. The summed E-state index contributed by atoms with van der Waals surface area (Å²) in [6.07, 6.45) is 0.671. The molecule has 4 rings (SSSR count). The Hall–Kier alpha value is -3.45. The molecule has 0 radical (unpaired) electrons. The Morgan fingerprint density at radius 3 is 2.59 bits per heavy atom. The SMILES string of the molecule is CCCN1C(=O)C(O)=C(C(=O)c2sc(-c3ccccc3)nc2C)C1c1cccc(OC(C)C)c1. The summed E-state index contributed by atoms with van der Waals surface area (Å²) in [5, 5.41) is 11.6. The second-order valence-corrected chi connectivity index (χ2v) is 9.53. The van der Waals surface area contributed by atoms with Crippen molar-refractivity contribution in [3.63, 3.8) is 0 Å². The summed E-state index contributed by atoms with van der Waals surface area (Å²) in [6, 6.07) is 16.3. The highest BCUT2D eigenvalue weighted by atomic mass is 32.1. The smallest absolute Gasteiger partial charge is 0.290 e. The third kappa shape index (κ3) is 4.48. The second kappa shape index (κ2) is 9.81. The van der Waals surface area contributed by atoms with Gasteiger partial charge in [-0.25, -0.2) is 4.98 Å². The van der Waals surface area contributed by atoms with Gasteiger partial charge in [0.1, 0.15) is 10.8 Å². The fourth-order valence-corrected chi connectivity index (χ4v) is 5.19. The standard InChI is InChI=1S/C27H28N2O4S/c1-5-14-29-22(19-12-9-13-20(15-19)33-16(2)3)21(24(31)27(29)32)23(30)25-17(4)28-26(34-25)18-10-7-6-8-11-18/h6-13,15-16,22,31H,5,14H2,1-4H3. The van der Waals surface area contributed by atoms with Crippen LogP contribution in [0.25, 0.3) is 10.6 Å². The van der Waals surface area contributed by atoms with Crippen LogP contribution in [0.4, 0.5) is 0 Å². The molecule has 3 aromatic rings. The van der Waals surface area contributed by atoms with Crippen molar-refractivity contribution in [1.82, 2.24) is 9.88 Å². The van der Waals surface area contributed by atoms with Gasteiger partial charge in [0.05, 0.1) is 28.3 Å². The highest BCUT2D eigenvalue weighted by Crippen LogP contribution is 2.41. The zero-order valence-corrected chi connectivity index (χ0v) is 20.6. The molecule has 0 bridgehead atoms. The molecule has 1 atom stereocenters. The molecule has 1 unspecified atom stereocenters. The quantitative estimate of drug-likeness (QED) is 0.410. The normalized spacial score (nSPS) is 16.0. The lowest BCUT2D eigenvalue weighted by Crippen LogP contribution is -2.31. The lowest BCUT2D eigenvalue weighted by molar-refractivity contribution is -0.129. The number of nitrogens with zero attached hydrogens (tertiary/aromatic N) is 2. The highest BCUT2D eigenvalue weighted by molar-refractivity contribution is 7.17. The lowest BCUT2D eigenvalue weighted by atomic mass is 9.95. The first-order valence-corrected chi connectivity index (χ1v) is 12.2. The fourth-order valence-electron chi connectivity index (χ4n) is 4.17. The zero-order chi connectivity index (χ0) is 24.4. The molecule has 7 heteroatoms. The van der Waals surface area contributed by atoms with Crippen molar-refractivity contribution in [2.45, 2.75) is 46.3 Å². The Balaban J connectivity index is 1.78. The molecule has 176 valence electrons. The van der Waals surface area contributed by atoms with Gasteiger partial charge in [-0.2, -0.15) is 0 Å². The molecular weight excluding hydrogens is 448 g/mol. The predicted octanol–water partition coefficient (Wildman–Crippen LogP) is 5.89. The Kier molecular flexibility index (Phi) is 6.84. The van der Waals surface area contributed by atoms with Gasteiger partial charge < -0.3 is 14.7 Å². The summed E-state index contributed by atoms with van der Waals surface area (Å²) in [4.78, 5) is 33.4. The topological polar surface area (TPSA) is 79.7 Å². The van der Waals surface area contributed by atoms with Crippen LogP contribution in [0.1, 0.15) is 54.2 Å². The van der Waals surface area contributed by atoms with Crippen molar-refractivity contribution in [3.05, 3.63) is 82.1 Å². The Morgan fingerprint density at radius 1 is 1.18 bits per heavy atom. The molecule has 2 aromatic carbocycles. The van der Waals surface area contributed by atoms with Gasteiger partial charge in [0, 0.05) is 12.1 Å². The van der Waals surface area contributed by atoms with Crippen LogP contribution in [0.15, 0.2) is 65.9 Å². The van der Waals surface area contributed by atoms with E-state index in [1.54, 1.807) is 11.8 Å². The molecular formula is C27H28N2O4S. The number of benzene rings is 2. The number of hydrogen-bond acceptors (Lipinski definition) is 6. The van der Waals surface area contributed by atoms with Crippen LogP contribution >= 0.6 is 11.3 Å². The predicted molar refractivity (Wildman–Crippen MR) is 133 cm³/mol. The first-order valence-electron chi connectivity index (χ1n) is 11.4. The number of aliphatic hydroxyl groups is 1. The maximum atomic E-state index is 13.8. The number of carbonyl (C=O) groups excluding carboxylic acids is 2. The number of rotatable bonds is 8. The average molecular weight is 477 g/mol. The van der Waals surface area contributed by atoms with Crippen LogP contribution in [-0.4, -0.2) is 39.3 Å². The van der Waals surface area contributed by atoms with Gasteiger partial charge in [-0.05, 0) is 44.9 Å². The first-order chi connectivity index (χ1) is 16.3. The van der Waals surface area contributed by atoms with Gasteiger partial charge in [0.2, 0.25) is 5.78 Å². The Bertz CT molecular complexity index is 1250. The summed E-state index contributed by atoms with van der Waals surface area (Å²) in [5.41, 5.74) is 2.30. The van der Waals surface area contributed by atoms with E-state index in [1.165, 1.54) is 11.3 Å². The molecule has 0 fully saturated rings. The van der Waals surface area contributed by atoms with Crippen molar-refractivity contribution < 1.29 is 19.4 Å². The van der Waals surface area contributed by atoms with Gasteiger partial charge in [0.25, 0.3) is 5.91 Å². The molecule has 0 spiro atoms. The van der Waals surface area contributed by atoms with Gasteiger partial charge >= 0.3 is 0 Å². The molecule has 6 nitrogen and oxygen atoms in total. The first kappa shape index (κ1) is 23.7. The van der Waals surface area contributed by atoms with Crippen LogP contribution in [0.3, 0.4) is 0 Å². The molecule has 1 amide bonds. The third-order valence-electron chi connectivity index (χ3n) is 5.58. The largest absolute Gasteiger partial charge is 0.503 e. The van der Waals surface area contributed by atoms with Gasteiger partial charge in [0.15, 0.2) is 5.76 Å². The molecule has 0 saturated heterocycles. The molecule has 2 heterocycles. The minimum Gasteiger partial charge on any atom is -0.503 e. The van der Waals surface area contributed by atoms with Crippen LogP contribution in [0, 0.1) is 6.92 Å². The fraction of sp³-hybridized carbons (Fsp3) is 0.296. The Labute approximate surface area is 203 Å². The maximum Gasteiger partial charge on any atom is 0.290 e. The van der Waals surface area contributed by atoms with E-state index in [1.807, 2.05) is 75.4 Å². The maximum absolute atomic E-state index is 13.8.